The van der Waals surface area contributed by atoms with Crippen molar-refractivity contribution in [3.05, 3.63) is 132 Å². The predicted molar refractivity (Wildman–Crippen MR) is 302 cm³/mol. The van der Waals surface area contributed by atoms with Gasteiger partial charge in [0.05, 0.1) is 39.2 Å². The molecule has 2 atom stereocenters. The summed E-state index contributed by atoms with van der Waals surface area (Å²) in [7, 11) is -11.4. The number of hydrogen-bond acceptors (Lipinski definition) is 12. The lowest BCUT2D eigenvalue weighted by molar-refractivity contribution is 0.0817. The van der Waals surface area contributed by atoms with Crippen molar-refractivity contribution in [3.8, 4) is 22.4 Å². The number of aliphatic hydroxyl groups is 1. The minimum Gasteiger partial charge on any atom is -0.393 e. The highest BCUT2D eigenvalue weighted by molar-refractivity contribution is 7.99. The molecule has 2 aliphatic rings. The van der Waals surface area contributed by atoms with Gasteiger partial charge in [0, 0.05) is 114 Å². The molecule has 2 aliphatic heterocycles. The molecule has 0 saturated carbocycles. The van der Waals surface area contributed by atoms with Crippen LogP contribution in [0.3, 0.4) is 0 Å². The lowest BCUT2D eigenvalue weighted by Gasteiger charge is -2.37. The summed E-state index contributed by atoms with van der Waals surface area (Å²) in [5.74, 6) is 0.203. The molecular formula is C55H67ClFN6O7PS3. The summed E-state index contributed by atoms with van der Waals surface area (Å²) in [6.07, 6.45) is 4.28. The highest BCUT2D eigenvalue weighted by Gasteiger charge is 2.32. The molecule has 1 aromatic heterocycles. The van der Waals surface area contributed by atoms with Crippen molar-refractivity contribution in [2.75, 3.05) is 90.9 Å². The van der Waals surface area contributed by atoms with Gasteiger partial charge in [-0.05, 0) is 143 Å². The fourth-order valence-corrected chi connectivity index (χ4v) is 15.1. The Morgan fingerprint density at radius 3 is 2.07 bits per heavy atom. The van der Waals surface area contributed by atoms with Crippen LogP contribution < -0.4 is 25.5 Å². The van der Waals surface area contributed by atoms with Crippen LogP contribution >= 0.6 is 30.9 Å². The lowest BCUT2D eigenvalue weighted by atomic mass is 9.99. The summed E-state index contributed by atoms with van der Waals surface area (Å²) in [5, 5.41) is 17.5. The van der Waals surface area contributed by atoms with Crippen LogP contribution in [0.2, 0.25) is 5.02 Å². The molecule has 0 aliphatic carbocycles. The molecule has 2 saturated heterocycles. The van der Waals surface area contributed by atoms with Gasteiger partial charge in [0.1, 0.15) is 5.82 Å². The number of hydrogen-bond donors (Lipinski definition) is 3. The molecule has 6 aromatic rings. The molecule has 74 heavy (non-hydrogen) atoms. The van der Waals surface area contributed by atoms with E-state index in [0.29, 0.717) is 76.5 Å². The monoisotopic (exact) mass is 1100 g/mol. The minimum absolute atomic E-state index is 0.0261. The number of nitrogens with one attached hydrogen (secondary N) is 2. The third-order valence-electron chi connectivity index (χ3n) is 13.6. The van der Waals surface area contributed by atoms with Crippen molar-refractivity contribution in [2.45, 2.75) is 79.8 Å². The summed E-state index contributed by atoms with van der Waals surface area (Å²) in [6.45, 7) is 12.4. The van der Waals surface area contributed by atoms with E-state index in [4.69, 9.17) is 16.1 Å². The normalized spacial score (nSPS) is 16.4. The Hall–Kier alpha value is -4.84. The van der Waals surface area contributed by atoms with E-state index >= 15 is 4.39 Å². The van der Waals surface area contributed by atoms with Crippen LogP contribution in [0.1, 0.15) is 51.8 Å². The van der Waals surface area contributed by atoms with Crippen molar-refractivity contribution in [1.82, 2.24) is 9.47 Å². The van der Waals surface area contributed by atoms with Crippen LogP contribution in [0.4, 0.5) is 27.1 Å². The number of nitrogens with zero attached hydrogens (tertiary/aromatic N) is 4. The van der Waals surface area contributed by atoms with Crippen LogP contribution in [-0.4, -0.2) is 114 Å². The molecule has 0 radical (unpaired) electrons. The zero-order chi connectivity index (χ0) is 53.0. The zero-order valence-corrected chi connectivity index (χ0v) is 46.9. The quantitative estimate of drug-likeness (QED) is 0.0491. The van der Waals surface area contributed by atoms with Crippen LogP contribution in [0.5, 0.6) is 0 Å². The molecule has 1 unspecified atom stereocenters. The highest BCUT2D eigenvalue weighted by Crippen LogP contribution is 2.48. The van der Waals surface area contributed by atoms with E-state index < -0.39 is 33.0 Å². The maximum Gasteiger partial charge on any atom is 0.323 e. The minimum atomic E-state index is -3.86. The topological polar surface area (TPSA) is 154 Å². The van der Waals surface area contributed by atoms with Crippen LogP contribution in [0.25, 0.3) is 22.4 Å². The van der Waals surface area contributed by atoms with Gasteiger partial charge in [-0.25, -0.2) is 21.2 Å². The zero-order valence-electron chi connectivity index (χ0n) is 42.8. The molecule has 5 aromatic carbocycles. The van der Waals surface area contributed by atoms with E-state index in [1.54, 1.807) is 49.9 Å². The maximum atomic E-state index is 15.8. The van der Waals surface area contributed by atoms with Crippen LogP contribution in [-0.2, 0) is 28.8 Å². The number of aliphatic hydroxyl groups excluding tert-OH is 1. The van der Waals surface area contributed by atoms with Gasteiger partial charge in [-0.3, -0.25) is 4.57 Å². The first-order valence-corrected chi connectivity index (χ1v) is 31.8. The van der Waals surface area contributed by atoms with Crippen molar-refractivity contribution in [1.29, 1.82) is 0 Å². The largest absolute Gasteiger partial charge is 0.393 e. The molecule has 3 N–H and O–H groups in total. The molecule has 0 bridgehead atoms. The van der Waals surface area contributed by atoms with Gasteiger partial charge in [-0.2, -0.15) is 0 Å². The lowest BCUT2D eigenvalue weighted by Crippen LogP contribution is -2.46. The second-order valence-corrected chi connectivity index (χ2v) is 27.0. The maximum absolute atomic E-state index is 15.8. The predicted octanol–water partition coefficient (Wildman–Crippen LogP) is 11.0. The second-order valence-electron chi connectivity index (χ2n) is 19.5. The van der Waals surface area contributed by atoms with E-state index in [2.05, 4.69) is 37.2 Å². The summed E-state index contributed by atoms with van der Waals surface area (Å²) >= 11 is 7.97. The molecule has 8 rings (SSSR count). The molecule has 2 fully saturated rings. The molecule has 0 spiro atoms. The van der Waals surface area contributed by atoms with Crippen LogP contribution in [0, 0.1) is 12.7 Å². The number of piperazine rings is 1. The Balaban J connectivity index is 0.981. The number of anilines is 4. The fourth-order valence-electron chi connectivity index (χ4n) is 10.1. The van der Waals surface area contributed by atoms with Gasteiger partial charge >= 0.3 is 7.52 Å². The van der Waals surface area contributed by atoms with Gasteiger partial charge < -0.3 is 39.3 Å². The van der Waals surface area contributed by atoms with E-state index in [-0.39, 0.29) is 39.9 Å². The van der Waals surface area contributed by atoms with E-state index in [1.165, 1.54) is 24.5 Å². The Labute approximate surface area is 445 Å². The molecule has 396 valence electrons. The summed E-state index contributed by atoms with van der Waals surface area (Å²) in [4.78, 5) is 7.95. The van der Waals surface area contributed by atoms with Gasteiger partial charge in [0.2, 0.25) is 0 Å². The van der Waals surface area contributed by atoms with Crippen molar-refractivity contribution in [3.63, 3.8) is 0 Å². The van der Waals surface area contributed by atoms with Gasteiger partial charge in [-0.15, -0.1) is 11.8 Å². The average Bonchev–Trinajstić information content (AvgIpc) is 3.69. The number of likely N-dealkylation sites (tertiary alicyclic amines) is 1. The number of halogens is 2. The first-order valence-electron chi connectivity index (χ1n) is 25.0. The van der Waals surface area contributed by atoms with Crippen molar-refractivity contribution in [2.24, 2.45) is 0 Å². The van der Waals surface area contributed by atoms with Crippen molar-refractivity contribution >= 4 is 78.6 Å². The number of sulfone groups is 2. The molecular weight excluding hydrogens is 1040 g/mol. The first kappa shape index (κ1) is 55.4. The molecule has 13 nitrogen and oxygen atoms in total. The van der Waals surface area contributed by atoms with Gasteiger partial charge in [0.15, 0.2) is 19.7 Å². The van der Waals surface area contributed by atoms with E-state index in [0.717, 1.165) is 61.3 Å². The summed E-state index contributed by atoms with van der Waals surface area (Å²) < 4.78 is 92.7. The van der Waals surface area contributed by atoms with E-state index in [1.807, 2.05) is 79.1 Å². The third kappa shape index (κ3) is 13.2. The SMILES string of the molecule is CCOP(=O)(Nc1ccc(N2CCN(c3cc(F)cc(-c4c(S(C)(=O)=O)c(C)n(C(C)C)c4-c4ccc(Cl)cc4)c3)CC2)cc1)c1ccc(N[C@H](CCN2CCC(O)CC2)CSc2ccccc2)c(S(C)(=O)=O)c1. The molecule has 3 heterocycles. The molecule has 0 amide bonds. The second kappa shape index (κ2) is 23.6. The highest BCUT2D eigenvalue weighted by atomic mass is 35.5. The smallest absolute Gasteiger partial charge is 0.323 e. The Bertz CT molecular complexity index is 3190. The third-order valence-corrected chi connectivity index (χ3v) is 19.6. The molecule has 19 heteroatoms. The van der Waals surface area contributed by atoms with Gasteiger partial charge in [-0.1, -0.05) is 41.9 Å². The number of aromatic nitrogens is 1. The van der Waals surface area contributed by atoms with Gasteiger partial charge in [0.25, 0.3) is 0 Å². The van der Waals surface area contributed by atoms with E-state index in [9.17, 15) is 26.5 Å². The number of thioether (sulfide) groups is 1. The average molecular weight is 1110 g/mol. The van der Waals surface area contributed by atoms with Crippen molar-refractivity contribution < 1.29 is 35.4 Å². The summed E-state index contributed by atoms with van der Waals surface area (Å²) in [6, 6.07) is 34.2. The number of benzene rings is 5. The Morgan fingerprint density at radius 2 is 1.46 bits per heavy atom. The first-order chi connectivity index (χ1) is 35.2. The number of rotatable bonds is 20. The van der Waals surface area contributed by atoms with Crippen LogP contribution in [0.15, 0.2) is 130 Å². The Kier molecular flexibility index (Phi) is 17.7. The Morgan fingerprint density at radius 1 is 0.811 bits per heavy atom. The standard InChI is InChI=1S/C55H67ClFN6O7PS3/c1-7-70-71(65,49-21-22-51(52(36-49)73(5,66)67)58-45(37-72-50-11-9-8-10-12-50)23-26-60-27-24-48(64)25-28-60)59-44-17-19-46(20-18-44)61-29-31-62(32-30-61)47-34-41(33-43(57)35-47)53-54(40-13-15-42(56)16-14-40)63(38(2)3)39(4)55(53)74(6,68)69/h8-22,33-36,38,45,48,58,64H,7,23-32,37H2,1-6H3,(H,59,65)/t45-,71?/m1/s1. The number of piperidine rings is 1. The summed E-state index contributed by atoms with van der Waals surface area (Å²) in [5.41, 5.74) is 5.45. The fraction of sp³-hybridized carbons (Fsp3) is 0.382.